The Kier molecular flexibility index (Phi) is 4.38. The van der Waals surface area contributed by atoms with E-state index in [1.54, 1.807) is 48.5 Å². The molecule has 0 aliphatic heterocycles. The number of hydrogen-bond acceptors (Lipinski definition) is 3. The van der Waals surface area contributed by atoms with Gasteiger partial charge in [-0.2, -0.15) is 8.78 Å². The number of nitrogens with zero attached hydrogens (tertiary/aromatic N) is 2. The second-order valence-corrected chi connectivity index (χ2v) is 5.67. The molecule has 118 valence electrons. The van der Waals surface area contributed by atoms with E-state index < -0.39 is 12.5 Å². The Labute approximate surface area is 138 Å². The van der Waals surface area contributed by atoms with Crippen LogP contribution in [0, 0.1) is 0 Å². The molecule has 3 aromatic rings. The van der Waals surface area contributed by atoms with Crippen LogP contribution in [0.5, 0.6) is 0 Å². The number of carbonyl (C=O) groups excluding carboxylic acids is 1. The Morgan fingerprint density at radius 2 is 2.00 bits per heavy atom. The highest BCUT2D eigenvalue weighted by Gasteiger charge is 2.19. The van der Waals surface area contributed by atoms with E-state index in [0.717, 1.165) is 9.04 Å². The van der Waals surface area contributed by atoms with Crippen molar-refractivity contribution in [2.24, 2.45) is 0 Å². The topological polar surface area (TPSA) is 44.1 Å². The Hall–Kier alpha value is -2.28. The normalized spacial score (nSPS) is 11.1. The lowest BCUT2D eigenvalue weighted by Crippen LogP contribution is -2.10. The Morgan fingerprint density at radius 3 is 2.74 bits per heavy atom. The average molecular weight is 381 g/mol. The number of benzene rings is 2. The summed E-state index contributed by atoms with van der Waals surface area (Å²) in [5.74, 6) is -0.594. The molecule has 0 saturated heterocycles. The molecule has 7 heteroatoms. The van der Waals surface area contributed by atoms with Crippen molar-refractivity contribution in [3.05, 3.63) is 64.4 Å². The number of carbonyl (C=O) groups is 1. The van der Waals surface area contributed by atoms with Crippen molar-refractivity contribution in [3.8, 4) is 0 Å². The Bertz CT molecular complexity index is 864. The van der Waals surface area contributed by atoms with Gasteiger partial charge in [-0.3, -0.25) is 4.57 Å². The van der Waals surface area contributed by atoms with E-state index in [-0.39, 0.29) is 12.4 Å². The van der Waals surface area contributed by atoms with Gasteiger partial charge in [0.2, 0.25) is 0 Å². The largest absolute Gasteiger partial charge is 0.454 e. The Morgan fingerprint density at radius 1 is 1.22 bits per heavy atom. The first-order valence-corrected chi connectivity index (χ1v) is 7.52. The van der Waals surface area contributed by atoms with Crippen molar-refractivity contribution in [2.45, 2.75) is 13.2 Å². The van der Waals surface area contributed by atoms with E-state index in [9.17, 15) is 13.6 Å². The van der Waals surface area contributed by atoms with Gasteiger partial charge in [0.1, 0.15) is 6.61 Å². The minimum Gasteiger partial charge on any atom is -0.454 e. The van der Waals surface area contributed by atoms with Crippen LogP contribution in [0.3, 0.4) is 0 Å². The van der Waals surface area contributed by atoms with Gasteiger partial charge in [0.15, 0.2) is 5.82 Å². The first-order chi connectivity index (χ1) is 11.1. The quantitative estimate of drug-likeness (QED) is 0.623. The minimum atomic E-state index is -2.76. The molecular formula is C16H11BrF2N2O2. The summed E-state index contributed by atoms with van der Waals surface area (Å²) in [5, 5.41) is 0. The van der Waals surface area contributed by atoms with Crippen LogP contribution in [0.4, 0.5) is 8.78 Å². The fourth-order valence-corrected chi connectivity index (χ4v) is 2.64. The number of hydrogen-bond donors (Lipinski definition) is 0. The molecule has 4 nitrogen and oxygen atoms in total. The third-order valence-electron chi connectivity index (χ3n) is 3.26. The second kappa shape index (κ2) is 6.45. The summed E-state index contributed by atoms with van der Waals surface area (Å²) in [6.07, 6.45) is 0. The lowest BCUT2D eigenvalue weighted by atomic mass is 10.2. The van der Waals surface area contributed by atoms with E-state index in [1.165, 1.54) is 0 Å². The molecule has 0 bridgehead atoms. The maximum atomic E-state index is 13.3. The smallest absolute Gasteiger partial charge is 0.338 e. The van der Waals surface area contributed by atoms with Gasteiger partial charge in [-0.1, -0.05) is 34.1 Å². The number of aromatic nitrogens is 2. The van der Waals surface area contributed by atoms with Crippen LogP contribution >= 0.6 is 15.9 Å². The maximum absolute atomic E-state index is 13.3. The molecule has 0 N–H and O–H groups in total. The van der Waals surface area contributed by atoms with Crippen molar-refractivity contribution in [2.75, 3.05) is 0 Å². The number of imidazole rings is 1. The van der Waals surface area contributed by atoms with E-state index in [0.29, 0.717) is 16.6 Å². The molecule has 0 amide bonds. The molecule has 3 rings (SSSR count). The highest BCUT2D eigenvalue weighted by Crippen LogP contribution is 2.23. The summed E-state index contributed by atoms with van der Waals surface area (Å²) >= 11 is 3.26. The first-order valence-electron chi connectivity index (χ1n) is 6.73. The first kappa shape index (κ1) is 15.6. The number of esters is 1. The van der Waals surface area contributed by atoms with Crippen LogP contribution in [0.15, 0.2) is 53.0 Å². The lowest BCUT2D eigenvalue weighted by molar-refractivity contribution is 0.0387. The molecule has 0 fully saturated rings. The second-order valence-electron chi connectivity index (χ2n) is 4.75. The maximum Gasteiger partial charge on any atom is 0.338 e. The third kappa shape index (κ3) is 3.24. The molecule has 1 heterocycles. The summed E-state index contributed by atoms with van der Waals surface area (Å²) in [6.45, 7) is -3.09. The predicted octanol–water partition coefficient (Wildman–Crippen LogP) is 4.55. The van der Waals surface area contributed by atoms with Gasteiger partial charge in [-0.05, 0) is 30.3 Å². The fourth-order valence-electron chi connectivity index (χ4n) is 2.24. The van der Waals surface area contributed by atoms with Crippen LogP contribution in [0.2, 0.25) is 0 Å². The summed E-state index contributed by atoms with van der Waals surface area (Å²) in [5.41, 5.74) is 1.07. The van der Waals surface area contributed by atoms with Gasteiger partial charge >= 0.3 is 12.5 Å². The van der Waals surface area contributed by atoms with Crippen LogP contribution in [0.25, 0.3) is 11.0 Å². The van der Waals surface area contributed by atoms with Gasteiger partial charge < -0.3 is 4.74 Å². The Balaban J connectivity index is 1.84. The summed E-state index contributed by atoms with van der Waals surface area (Å²) in [6, 6.07) is 13.2. The van der Waals surface area contributed by atoms with Crippen molar-refractivity contribution in [1.82, 2.24) is 9.55 Å². The predicted molar refractivity (Wildman–Crippen MR) is 84.2 cm³/mol. The standard InChI is InChI=1S/C16H11BrF2N2O2/c17-11-5-3-4-10(8-11)15(22)23-9-14-20-12-6-1-2-7-13(12)21(14)16(18)19/h1-8,16H,9H2. The van der Waals surface area contributed by atoms with Gasteiger partial charge in [0.25, 0.3) is 0 Å². The molecule has 0 spiro atoms. The zero-order valence-electron chi connectivity index (χ0n) is 11.7. The number of fused-ring (bicyclic) bond motifs is 1. The summed E-state index contributed by atoms with van der Waals surface area (Å²) in [4.78, 5) is 16.1. The zero-order chi connectivity index (χ0) is 16.4. The van der Waals surface area contributed by atoms with Gasteiger partial charge in [-0.25, -0.2) is 9.78 Å². The van der Waals surface area contributed by atoms with Crippen LogP contribution in [-0.2, 0) is 11.3 Å². The molecule has 1 aromatic heterocycles. The molecule has 0 saturated carbocycles. The van der Waals surface area contributed by atoms with Crippen LogP contribution < -0.4 is 0 Å². The van der Waals surface area contributed by atoms with Gasteiger partial charge in [-0.15, -0.1) is 0 Å². The number of halogens is 3. The van der Waals surface area contributed by atoms with E-state index in [2.05, 4.69) is 20.9 Å². The van der Waals surface area contributed by atoms with Crippen molar-refractivity contribution in [1.29, 1.82) is 0 Å². The summed E-state index contributed by atoms with van der Waals surface area (Å²) < 4.78 is 33.1. The van der Waals surface area contributed by atoms with E-state index in [1.807, 2.05) is 0 Å². The highest BCUT2D eigenvalue weighted by atomic mass is 79.9. The molecule has 0 atom stereocenters. The molecule has 0 unspecified atom stereocenters. The molecule has 23 heavy (non-hydrogen) atoms. The van der Waals surface area contributed by atoms with Crippen molar-refractivity contribution >= 4 is 32.9 Å². The van der Waals surface area contributed by atoms with Crippen LogP contribution in [0.1, 0.15) is 22.7 Å². The lowest BCUT2D eigenvalue weighted by Gasteiger charge is -2.08. The highest BCUT2D eigenvalue weighted by molar-refractivity contribution is 9.10. The molecule has 0 aliphatic carbocycles. The number of alkyl halides is 2. The van der Waals surface area contributed by atoms with Crippen molar-refractivity contribution < 1.29 is 18.3 Å². The number of ether oxygens (including phenoxy) is 1. The van der Waals surface area contributed by atoms with E-state index >= 15 is 0 Å². The average Bonchev–Trinajstić information content (AvgIpc) is 2.91. The van der Waals surface area contributed by atoms with Gasteiger partial charge in [0.05, 0.1) is 16.6 Å². The number of rotatable bonds is 4. The molecule has 2 aromatic carbocycles. The minimum absolute atomic E-state index is 0.00421. The van der Waals surface area contributed by atoms with Gasteiger partial charge in [0, 0.05) is 4.47 Å². The van der Waals surface area contributed by atoms with Crippen LogP contribution in [-0.4, -0.2) is 15.5 Å². The molecular weight excluding hydrogens is 370 g/mol. The molecule has 0 aliphatic rings. The zero-order valence-corrected chi connectivity index (χ0v) is 13.3. The third-order valence-corrected chi connectivity index (χ3v) is 3.75. The SMILES string of the molecule is O=C(OCc1nc2ccccc2n1C(F)F)c1cccc(Br)c1. The molecule has 0 radical (unpaired) electrons. The fraction of sp³-hybridized carbons (Fsp3) is 0.125. The van der Waals surface area contributed by atoms with Crippen molar-refractivity contribution in [3.63, 3.8) is 0 Å². The number of para-hydroxylation sites is 2. The monoisotopic (exact) mass is 380 g/mol. The summed E-state index contributed by atoms with van der Waals surface area (Å²) in [7, 11) is 0. The van der Waals surface area contributed by atoms with E-state index in [4.69, 9.17) is 4.74 Å².